The van der Waals surface area contributed by atoms with Gasteiger partial charge in [0, 0.05) is 5.69 Å². The van der Waals surface area contributed by atoms with Crippen LogP contribution in [0.4, 0.5) is 0 Å². The van der Waals surface area contributed by atoms with Crippen molar-refractivity contribution in [2.45, 2.75) is 58.4 Å². The predicted octanol–water partition coefficient (Wildman–Crippen LogP) is 3.25. The molecule has 0 spiro atoms. The number of nitrogens with one attached hydrogen (secondary N) is 1. The van der Waals surface area contributed by atoms with Crippen LogP contribution in [0.15, 0.2) is 18.2 Å². The minimum Gasteiger partial charge on any atom is -0.271 e. The van der Waals surface area contributed by atoms with Crippen LogP contribution in [0, 0.1) is 6.92 Å². The first kappa shape index (κ1) is 14.1. The Morgan fingerprint density at radius 3 is 2.65 bits per heavy atom. The van der Waals surface area contributed by atoms with E-state index in [1.54, 1.807) is 0 Å². The summed E-state index contributed by atoms with van der Waals surface area (Å²) in [6.07, 6.45) is 7.52. The molecule has 1 atom stereocenters. The van der Waals surface area contributed by atoms with Gasteiger partial charge in [0.25, 0.3) is 0 Å². The second-order valence-corrected chi connectivity index (χ2v) is 4.63. The fourth-order valence-corrected chi connectivity index (χ4v) is 2.03. The molecule has 0 radical (unpaired) electrons. The number of hydrogen-bond donors (Lipinski definition) is 2. The number of aryl methyl sites for hydroxylation is 1. The molecular weight excluding hydrogens is 210 g/mol. The maximum absolute atomic E-state index is 5.61. The Balaban J connectivity index is 2.38. The molecule has 0 saturated heterocycles. The van der Waals surface area contributed by atoms with Gasteiger partial charge >= 0.3 is 0 Å². The molecule has 3 N–H and O–H groups in total. The van der Waals surface area contributed by atoms with E-state index >= 15 is 0 Å². The van der Waals surface area contributed by atoms with E-state index in [0.717, 1.165) is 17.8 Å². The molecule has 1 rings (SSSR count). The molecule has 0 fully saturated rings. The number of nitrogens with zero attached hydrogens (tertiary/aromatic N) is 1. The van der Waals surface area contributed by atoms with E-state index in [1.807, 2.05) is 25.1 Å². The summed E-state index contributed by atoms with van der Waals surface area (Å²) in [4.78, 5) is 4.52. The van der Waals surface area contributed by atoms with E-state index in [2.05, 4.69) is 17.3 Å². The van der Waals surface area contributed by atoms with Crippen LogP contribution in [0.5, 0.6) is 0 Å². The van der Waals surface area contributed by atoms with Crippen LogP contribution in [0.2, 0.25) is 0 Å². The Bertz CT molecular complexity index is 312. The van der Waals surface area contributed by atoms with Gasteiger partial charge < -0.3 is 0 Å². The number of hydrazine groups is 1. The lowest BCUT2D eigenvalue weighted by Gasteiger charge is -2.15. The van der Waals surface area contributed by atoms with E-state index in [9.17, 15) is 0 Å². The molecule has 0 aromatic carbocycles. The molecular formula is C14H25N3. The van der Waals surface area contributed by atoms with Crippen molar-refractivity contribution in [3.8, 4) is 0 Å². The third-order valence-corrected chi connectivity index (χ3v) is 3.06. The summed E-state index contributed by atoms with van der Waals surface area (Å²) >= 11 is 0. The van der Waals surface area contributed by atoms with Crippen LogP contribution in [0.3, 0.4) is 0 Å². The highest BCUT2D eigenvalue weighted by Gasteiger charge is 2.10. The molecule has 0 aliphatic carbocycles. The van der Waals surface area contributed by atoms with Gasteiger partial charge in [0.1, 0.15) is 0 Å². The molecule has 3 heteroatoms. The van der Waals surface area contributed by atoms with E-state index in [4.69, 9.17) is 5.84 Å². The summed E-state index contributed by atoms with van der Waals surface area (Å²) in [5, 5.41) is 0. The van der Waals surface area contributed by atoms with Crippen LogP contribution in [-0.2, 0) is 0 Å². The summed E-state index contributed by atoms with van der Waals surface area (Å²) in [5.41, 5.74) is 4.98. The predicted molar refractivity (Wildman–Crippen MR) is 72.4 cm³/mol. The maximum atomic E-state index is 5.61. The molecule has 17 heavy (non-hydrogen) atoms. The molecule has 1 aromatic rings. The average Bonchev–Trinajstić information content (AvgIpc) is 2.34. The highest BCUT2D eigenvalue weighted by molar-refractivity contribution is 5.13. The lowest BCUT2D eigenvalue weighted by atomic mass is 10.0. The van der Waals surface area contributed by atoms with Crippen LogP contribution < -0.4 is 11.3 Å². The first-order chi connectivity index (χ1) is 8.27. The highest BCUT2D eigenvalue weighted by Crippen LogP contribution is 2.18. The van der Waals surface area contributed by atoms with Crippen molar-refractivity contribution in [3.63, 3.8) is 0 Å². The summed E-state index contributed by atoms with van der Waals surface area (Å²) in [6, 6.07) is 6.29. The number of nitrogens with two attached hydrogens (primary N) is 1. The quantitative estimate of drug-likeness (QED) is 0.413. The fourth-order valence-electron chi connectivity index (χ4n) is 2.03. The van der Waals surface area contributed by atoms with Crippen LogP contribution in [-0.4, -0.2) is 4.98 Å². The molecule has 0 saturated carbocycles. The maximum Gasteiger partial charge on any atom is 0.0632 e. The molecule has 1 heterocycles. The Morgan fingerprint density at radius 2 is 2.00 bits per heavy atom. The molecule has 1 aromatic heterocycles. The number of unbranched alkanes of at least 4 members (excludes halogenated alkanes) is 4. The van der Waals surface area contributed by atoms with Gasteiger partial charge in [-0.2, -0.15) is 0 Å². The van der Waals surface area contributed by atoms with Gasteiger partial charge in [-0.1, -0.05) is 45.1 Å². The van der Waals surface area contributed by atoms with Crippen LogP contribution in [0.1, 0.15) is 62.9 Å². The number of hydrogen-bond acceptors (Lipinski definition) is 3. The second kappa shape index (κ2) is 8.20. The largest absolute Gasteiger partial charge is 0.271 e. The van der Waals surface area contributed by atoms with Crippen molar-refractivity contribution in [3.05, 3.63) is 29.6 Å². The number of pyridine rings is 1. The minimum absolute atomic E-state index is 0.191. The summed E-state index contributed by atoms with van der Waals surface area (Å²) < 4.78 is 0. The van der Waals surface area contributed by atoms with Crippen molar-refractivity contribution in [1.29, 1.82) is 0 Å². The smallest absolute Gasteiger partial charge is 0.0632 e. The van der Waals surface area contributed by atoms with Gasteiger partial charge in [0.05, 0.1) is 11.7 Å². The van der Waals surface area contributed by atoms with Gasteiger partial charge in [-0.3, -0.25) is 16.3 Å². The van der Waals surface area contributed by atoms with E-state index < -0.39 is 0 Å². The molecule has 0 amide bonds. The van der Waals surface area contributed by atoms with Crippen molar-refractivity contribution < 1.29 is 0 Å². The van der Waals surface area contributed by atoms with Crippen LogP contribution in [0.25, 0.3) is 0 Å². The minimum atomic E-state index is 0.191. The second-order valence-electron chi connectivity index (χ2n) is 4.63. The lowest BCUT2D eigenvalue weighted by Crippen LogP contribution is -2.28. The van der Waals surface area contributed by atoms with E-state index in [0.29, 0.717) is 0 Å². The third kappa shape index (κ3) is 5.29. The average molecular weight is 235 g/mol. The zero-order valence-electron chi connectivity index (χ0n) is 11.1. The monoisotopic (exact) mass is 235 g/mol. The fraction of sp³-hybridized carbons (Fsp3) is 0.643. The van der Waals surface area contributed by atoms with Crippen molar-refractivity contribution in [2.24, 2.45) is 5.84 Å². The molecule has 96 valence electrons. The molecule has 0 aliphatic heterocycles. The molecule has 0 aliphatic rings. The highest BCUT2D eigenvalue weighted by atomic mass is 15.2. The van der Waals surface area contributed by atoms with Crippen molar-refractivity contribution in [1.82, 2.24) is 10.4 Å². The van der Waals surface area contributed by atoms with Gasteiger partial charge in [0.15, 0.2) is 0 Å². The zero-order valence-corrected chi connectivity index (χ0v) is 11.1. The van der Waals surface area contributed by atoms with Crippen molar-refractivity contribution >= 4 is 0 Å². The summed E-state index contributed by atoms with van der Waals surface area (Å²) in [6.45, 7) is 4.25. The Hall–Kier alpha value is -0.930. The molecule has 0 bridgehead atoms. The lowest BCUT2D eigenvalue weighted by molar-refractivity contribution is 0.469. The van der Waals surface area contributed by atoms with Crippen LogP contribution >= 0.6 is 0 Å². The standard InChI is InChI=1S/C14H25N3/c1-3-4-5-6-7-10-14(17-15)13-11-8-9-12(2)16-13/h8-9,11,14,17H,3-7,10,15H2,1-2H3. The van der Waals surface area contributed by atoms with Gasteiger partial charge in [-0.05, 0) is 25.5 Å². The third-order valence-electron chi connectivity index (χ3n) is 3.06. The van der Waals surface area contributed by atoms with Gasteiger partial charge in [-0.25, -0.2) is 0 Å². The zero-order chi connectivity index (χ0) is 12.5. The van der Waals surface area contributed by atoms with Gasteiger partial charge in [0.2, 0.25) is 0 Å². The molecule has 1 unspecified atom stereocenters. The van der Waals surface area contributed by atoms with E-state index in [-0.39, 0.29) is 6.04 Å². The topological polar surface area (TPSA) is 50.9 Å². The first-order valence-electron chi connectivity index (χ1n) is 6.67. The Labute approximate surface area is 105 Å². The first-order valence-corrected chi connectivity index (χ1v) is 6.67. The normalized spacial score (nSPS) is 12.6. The number of rotatable bonds is 8. The van der Waals surface area contributed by atoms with Crippen molar-refractivity contribution in [2.75, 3.05) is 0 Å². The number of aromatic nitrogens is 1. The Morgan fingerprint density at radius 1 is 1.24 bits per heavy atom. The summed E-state index contributed by atoms with van der Waals surface area (Å²) in [7, 11) is 0. The Kier molecular flexibility index (Phi) is 6.82. The summed E-state index contributed by atoms with van der Waals surface area (Å²) in [5.74, 6) is 5.61. The SMILES string of the molecule is CCCCCCCC(NN)c1cccc(C)n1. The van der Waals surface area contributed by atoms with E-state index in [1.165, 1.54) is 32.1 Å². The van der Waals surface area contributed by atoms with Gasteiger partial charge in [-0.15, -0.1) is 0 Å². The molecule has 3 nitrogen and oxygen atoms in total.